The van der Waals surface area contributed by atoms with E-state index >= 15 is 0 Å². The molecule has 0 radical (unpaired) electrons. The van der Waals surface area contributed by atoms with Crippen LogP contribution in [0.25, 0.3) is 22.3 Å². The van der Waals surface area contributed by atoms with E-state index in [4.69, 9.17) is 0 Å². The molecule has 0 aliphatic heterocycles. The van der Waals surface area contributed by atoms with Crippen LogP contribution in [0.2, 0.25) is 0 Å². The van der Waals surface area contributed by atoms with Gasteiger partial charge in [0.25, 0.3) is 0 Å². The molecule has 0 spiro atoms. The van der Waals surface area contributed by atoms with E-state index in [1.807, 2.05) is 68.6 Å². The van der Waals surface area contributed by atoms with Gasteiger partial charge < -0.3 is 0 Å². The van der Waals surface area contributed by atoms with Crippen LogP contribution < -0.4 is 0 Å². The summed E-state index contributed by atoms with van der Waals surface area (Å²) in [7, 11) is 0. The molecular weight excluding hydrogens is 261 g/mol. The minimum Gasteiger partial charge on any atom is -0.261 e. The van der Waals surface area contributed by atoms with E-state index in [9.17, 15) is 4.39 Å². The Morgan fingerprint density at radius 3 is 2.05 bits per heavy atom. The van der Waals surface area contributed by atoms with Crippen LogP contribution in [0.1, 0.15) is 11.3 Å². The maximum Gasteiger partial charge on any atom is 0.131 e. The maximum atomic E-state index is 14.0. The van der Waals surface area contributed by atoms with Crippen LogP contribution in [-0.4, -0.2) is 4.98 Å². The standard InChI is InChI=1S/C19H16FN/c1-13-3-10-18(19(20)11-13)16-8-6-15(7-9-16)17-5-4-14(2)21-12-17/h3-12H,1-2H3. The zero-order valence-electron chi connectivity index (χ0n) is 12.1. The first-order valence-electron chi connectivity index (χ1n) is 6.93. The largest absolute Gasteiger partial charge is 0.261 e. The Morgan fingerprint density at radius 2 is 1.43 bits per heavy atom. The molecule has 2 aromatic carbocycles. The first-order chi connectivity index (χ1) is 10.1. The third-order valence-corrected chi connectivity index (χ3v) is 3.57. The molecule has 2 heteroatoms. The average Bonchev–Trinajstić information content (AvgIpc) is 2.48. The summed E-state index contributed by atoms with van der Waals surface area (Å²) < 4.78 is 14.0. The van der Waals surface area contributed by atoms with E-state index < -0.39 is 0 Å². The quantitative estimate of drug-likeness (QED) is 0.629. The van der Waals surface area contributed by atoms with Crippen LogP contribution in [0.4, 0.5) is 4.39 Å². The molecule has 0 unspecified atom stereocenters. The molecule has 1 nitrogen and oxygen atoms in total. The molecule has 0 saturated heterocycles. The number of halogens is 1. The van der Waals surface area contributed by atoms with Gasteiger partial charge in [0.1, 0.15) is 5.82 Å². The molecule has 1 heterocycles. The lowest BCUT2D eigenvalue weighted by Gasteiger charge is -2.07. The topological polar surface area (TPSA) is 12.9 Å². The van der Waals surface area contributed by atoms with Crippen molar-refractivity contribution in [3.8, 4) is 22.3 Å². The summed E-state index contributed by atoms with van der Waals surface area (Å²) >= 11 is 0. The number of hydrogen-bond donors (Lipinski definition) is 0. The molecule has 0 aliphatic rings. The second-order valence-electron chi connectivity index (χ2n) is 5.25. The van der Waals surface area contributed by atoms with Gasteiger partial charge in [-0.1, -0.05) is 42.5 Å². The molecule has 21 heavy (non-hydrogen) atoms. The lowest BCUT2D eigenvalue weighted by molar-refractivity contribution is 0.630. The Balaban J connectivity index is 1.95. The van der Waals surface area contributed by atoms with Crippen molar-refractivity contribution in [3.05, 3.63) is 77.9 Å². The first-order valence-corrected chi connectivity index (χ1v) is 6.93. The van der Waals surface area contributed by atoms with Crippen LogP contribution in [0.15, 0.2) is 60.8 Å². The molecule has 3 rings (SSSR count). The Hall–Kier alpha value is -2.48. The van der Waals surface area contributed by atoms with Crippen LogP contribution in [0.5, 0.6) is 0 Å². The molecule has 1 aromatic heterocycles. The number of aryl methyl sites for hydroxylation is 2. The van der Waals surface area contributed by atoms with Crippen molar-refractivity contribution >= 4 is 0 Å². The normalized spacial score (nSPS) is 10.6. The van der Waals surface area contributed by atoms with Crippen molar-refractivity contribution in [3.63, 3.8) is 0 Å². The van der Waals surface area contributed by atoms with Crippen molar-refractivity contribution < 1.29 is 4.39 Å². The Morgan fingerprint density at radius 1 is 0.762 bits per heavy atom. The van der Waals surface area contributed by atoms with Gasteiger partial charge in [0.05, 0.1) is 0 Å². The van der Waals surface area contributed by atoms with E-state index in [1.54, 1.807) is 6.07 Å². The van der Waals surface area contributed by atoms with Gasteiger partial charge in [-0.05, 0) is 42.7 Å². The molecule has 0 bridgehead atoms. The average molecular weight is 277 g/mol. The van der Waals surface area contributed by atoms with Gasteiger partial charge in [-0.3, -0.25) is 4.98 Å². The summed E-state index contributed by atoms with van der Waals surface area (Å²) in [6.45, 7) is 3.85. The molecule has 0 amide bonds. The highest BCUT2D eigenvalue weighted by molar-refractivity contribution is 5.70. The number of rotatable bonds is 2. The summed E-state index contributed by atoms with van der Waals surface area (Å²) in [5.74, 6) is -0.181. The van der Waals surface area contributed by atoms with Gasteiger partial charge >= 0.3 is 0 Å². The Kier molecular flexibility index (Phi) is 3.53. The highest BCUT2D eigenvalue weighted by Gasteiger charge is 2.05. The number of pyridine rings is 1. The van der Waals surface area contributed by atoms with Gasteiger partial charge in [-0.2, -0.15) is 0 Å². The predicted octanol–water partition coefficient (Wildman–Crippen LogP) is 5.17. The van der Waals surface area contributed by atoms with Crippen molar-refractivity contribution in [2.45, 2.75) is 13.8 Å². The maximum absolute atomic E-state index is 14.0. The zero-order valence-corrected chi connectivity index (χ0v) is 12.1. The van der Waals surface area contributed by atoms with Gasteiger partial charge in [-0.25, -0.2) is 4.39 Å². The predicted molar refractivity (Wildman–Crippen MR) is 84.5 cm³/mol. The fraction of sp³-hybridized carbons (Fsp3) is 0.105. The molecular formula is C19H16FN. The first kappa shape index (κ1) is 13.5. The van der Waals surface area contributed by atoms with Crippen molar-refractivity contribution in [2.75, 3.05) is 0 Å². The molecule has 0 N–H and O–H groups in total. The number of benzene rings is 2. The van der Waals surface area contributed by atoms with E-state index in [0.29, 0.717) is 5.56 Å². The van der Waals surface area contributed by atoms with E-state index in [-0.39, 0.29) is 5.82 Å². The second-order valence-corrected chi connectivity index (χ2v) is 5.25. The smallest absolute Gasteiger partial charge is 0.131 e. The van der Waals surface area contributed by atoms with E-state index in [1.165, 1.54) is 0 Å². The Labute approximate surface area is 124 Å². The lowest BCUT2D eigenvalue weighted by Crippen LogP contribution is -1.87. The third kappa shape index (κ3) is 2.84. The van der Waals surface area contributed by atoms with Gasteiger partial charge in [-0.15, -0.1) is 0 Å². The lowest BCUT2D eigenvalue weighted by atomic mass is 10.00. The zero-order chi connectivity index (χ0) is 14.8. The molecule has 3 aromatic rings. The molecule has 0 aliphatic carbocycles. The number of aromatic nitrogens is 1. The van der Waals surface area contributed by atoms with E-state index in [2.05, 4.69) is 4.98 Å². The summed E-state index contributed by atoms with van der Waals surface area (Å²) in [6.07, 6.45) is 1.86. The van der Waals surface area contributed by atoms with Crippen molar-refractivity contribution in [2.24, 2.45) is 0 Å². The fourth-order valence-electron chi connectivity index (χ4n) is 2.34. The summed E-state index contributed by atoms with van der Waals surface area (Å²) in [4.78, 5) is 4.30. The van der Waals surface area contributed by atoms with Gasteiger partial charge in [0.15, 0.2) is 0 Å². The number of nitrogens with zero attached hydrogens (tertiary/aromatic N) is 1. The monoisotopic (exact) mass is 277 g/mol. The molecule has 0 fully saturated rings. The summed E-state index contributed by atoms with van der Waals surface area (Å²) in [5, 5.41) is 0. The van der Waals surface area contributed by atoms with Gasteiger partial charge in [0.2, 0.25) is 0 Å². The van der Waals surface area contributed by atoms with Crippen LogP contribution in [0, 0.1) is 19.7 Å². The minimum atomic E-state index is -0.181. The molecule has 0 atom stereocenters. The van der Waals surface area contributed by atoms with E-state index in [0.717, 1.165) is 27.9 Å². The highest BCUT2D eigenvalue weighted by Crippen LogP contribution is 2.26. The second kappa shape index (κ2) is 5.49. The summed E-state index contributed by atoms with van der Waals surface area (Å²) in [5.41, 5.74) is 5.59. The molecule has 0 saturated carbocycles. The van der Waals surface area contributed by atoms with Crippen LogP contribution in [0.3, 0.4) is 0 Å². The van der Waals surface area contributed by atoms with Crippen LogP contribution >= 0.6 is 0 Å². The highest BCUT2D eigenvalue weighted by atomic mass is 19.1. The Bertz CT molecular complexity index is 759. The minimum absolute atomic E-state index is 0.181. The van der Waals surface area contributed by atoms with Crippen LogP contribution in [-0.2, 0) is 0 Å². The van der Waals surface area contributed by atoms with Gasteiger partial charge in [0, 0.05) is 23.0 Å². The third-order valence-electron chi connectivity index (χ3n) is 3.57. The number of hydrogen-bond acceptors (Lipinski definition) is 1. The van der Waals surface area contributed by atoms with Crippen molar-refractivity contribution in [1.82, 2.24) is 4.98 Å². The summed E-state index contributed by atoms with van der Waals surface area (Å²) in [6, 6.07) is 17.2. The molecule has 104 valence electrons. The SMILES string of the molecule is Cc1ccc(-c2ccc(-c3ccc(C)nc3)cc2)c(F)c1. The van der Waals surface area contributed by atoms with Crippen molar-refractivity contribution in [1.29, 1.82) is 0 Å². The fourth-order valence-corrected chi connectivity index (χ4v) is 2.34.